The highest BCUT2D eigenvalue weighted by Crippen LogP contribution is 2.12. The van der Waals surface area contributed by atoms with Crippen molar-refractivity contribution in [2.75, 3.05) is 0 Å². The second-order valence-corrected chi connectivity index (χ2v) is 8.46. The molecule has 0 bridgehead atoms. The predicted molar refractivity (Wildman–Crippen MR) is 128 cm³/mol. The van der Waals surface area contributed by atoms with Crippen LogP contribution in [0, 0.1) is 11.3 Å². The van der Waals surface area contributed by atoms with Gasteiger partial charge in [0.15, 0.2) is 5.57 Å². The summed E-state index contributed by atoms with van der Waals surface area (Å²) >= 11 is 1.11. The molecule has 33 heavy (non-hydrogen) atoms. The lowest BCUT2D eigenvalue weighted by molar-refractivity contribution is -0.116. The number of carbonyl (C=O) groups is 1. The summed E-state index contributed by atoms with van der Waals surface area (Å²) in [6, 6.07) is 20.2. The molecule has 2 heterocycles. The van der Waals surface area contributed by atoms with Crippen LogP contribution in [0.2, 0.25) is 0 Å². The third-order valence-electron chi connectivity index (χ3n) is 5.06. The summed E-state index contributed by atoms with van der Waals surface area (Å²) in [7, 11) is 1.79. The van der Waals surface area contributed by atoms with Crippen molar-refractivity contribution in [1.29, 1.82) is 5.26 Å². The van der Waals surface area contributed by atoms with E-state index >= 15 is 0 Å². The van der Waals surface area contributed by atoms with Crippen molar-refractivity contribution in [2.24, 2.45) is 7.05 Å². The molecule has 4 rings (SSSR count). The van der Waals surface area contributed by atoms with Gasteiger partial charge in [0.25, 0.3) is 11.5 Å². The Morgan fingerprint density at radius 2 is 1.82 bits per heavy atom. The number of aryl methyl sites for hydroxylation is 1. The first-order valence-electron chi connectivity index (χ1n) is 10.3. The fraction of sp³-hybridized carbons (Fsp3) is 0.120. The molecule has 8 heteroatoms. The minimum absolute atomic E-state index is 0.116. The van der Waals surface area contributed by atoms with Crippen LogP contribution < -0.4 is 20.1 Å². The number of nitrogens with one attached hydrogen (secondary N) is 1. The van der Waals surface area contributed by atoms with Gasteiger partial charge < -0.3 is 5.32 Å². The number of amides is 1. The maximum absolute atomic E-state index is 13.3. The van der Waals surface area contributed by atoms with Crippen molar-refractivity contribution in [3.8, 4) is 11.8 Å². The molecule has 2 aromatic heterocycles. The maximum atomic E-state index is 13.3. The standard InChI is InChI=1S/C25H21N5O2S/c1-17(19-9-5-3-6-10-19)28-23(31)21(14-26)25-30(20-11-7-4-8-12-20)24(32)22(33-25)13-18-15-27-29(2)16-18/h3-13,15-17H,1-2H3,(H,28,31). The van der Waals surface area contributed by atoms with Crippen LogP contribution in [0.5, 0.6) is 0 Å². The first-order valence-corrected chi connectivity index (χ1v) is 11.1. The molecule has 0 fully saturated rings. The van der Waals surface area contributed by atoms with Gasteiger partial charge >= 0.3 is 0 Å². The lowest BCUT2D eigenvalue weighted by Crippen LogP contribution is -2.34. The molecule has 0 saturated carbocycles. The highest BCUT2D eigenvalue weighted by atomic mass is 32.1. The van der Waals surface area contributed by atoms with E-state index in [4.69, 9.17) is 0 Å². The summed E-state index contributed by atoms with van der Waals surface area (Å²) < 4.78 is 3.74. The Balaban J connectivity index is 1.89. The molecule has 0 saturated heterocycles. The van der Waals surface area contributed by atoms with E-state index in [9.17, 15) is 14.9 Å². The second-order valence-electron chi connectivity index (χ2n) is 7.43. The van der Waals surface area contributed by atoms with Crippen molar-refractivity contribution in [3.05, 3.63) is 104 Å². The number of rotatable bonds is 5. The Kier molecular flexibility index (Phi) is 6.33. The van der Waals surface area contributed by atoms with Gasteiger partial charge in [0.2, 0.25) is 0 Å². The van der Waals surface area contributed by atoms with Crippen molar-refractivity contribution >= 4 is 28.9 Å². The summed E-state index contributed by atoms with van der Waals surface area (Å²) in [5, 5.41) is 16.9. The molecule has 0 aliphatic rings. The second kappa shape index (κ2) is 9.51. The van der Waals surface area contributed by atoms with Gasteiger partial charge in [-0.2, -0.15) is 10.4 Å². The van der Waals surface area contributed by atoms with Crippen molar-refractivity contribution in [3.63, 3.8) is 0 Å². The van der Waals surface area contributed by atoms with Crippen LogP contribution in [0.25, 0.3) is 17.3 Å². The van der Waals surface area contributed by atoms with E-state index < -0.39 is 5.91 Å². The van der Waals surface area contributed by atoms with Gasteiger partial charge in [0.05, 0.1) is 22.5 Å². The quantitative estimate of drug-likeness (QED) is 0.498. The lowest BCUT2D eigenvalue weighted by Gasteiger charge is -2.13. The predicted octanol–water partition coefficient (Wildman–Crippen LogP) is 2.01. The molecule has 0 aliphatic heterocycles. The molecule has 1 unspecified atom stereocenters. The van der Waals surface area contributed by atoms with Crippen molar-refractivity contribution in [1.82, 2.24) is 19.7 Å². The Morgan fingerprint density at radius 3 is 2.42 bits per heavy atom. The molecule has 7 nitrogen and oxygen atoms in total. The third kappa shape index (κ3) is 4.68. The summed E-state index contributed by atoms with van der Waals surface area (Å²) in [5.74, 6) is -0.535. The molecule has 0 radical (unpaired) electrons. The van der Waals surface area contributed by atoms with Gasteiger partial charge in [-0.25, -0.2) is 0 Å². The normalized spacial score (nSPS) is 13.3. The van der Waals surface area contributed by atoms with Gasteiger partial charge in [-0.1, -0.05) is 48.5 Å². The van der Waals surface area contributed by atoms with Gasteiger partial charge in [0, 0.05) is 18.8 Å². The zero-order chi connectivity index (χ0) is 23.4. The van der Waals surface area contributed by atoms with Crippen LogP contribution >= 0.6 is 11.3 Å². The van der Waals surface area contributed by atoms with Gasteiger partial charge in [-0.05, 0) is 30.7 Å². The highest BCUT2D eigenvalue weighted by molar-refractivity contribution is 7.07. The number of nitrogens with zero attached hydrogens (tertiary/aromatic N) is 4. The molecule has 1 N–H and O–H groups in total. The largest absolute Gasteiger partial charge is 0.345 e. The molecule has 1 atom stereocenters. The molecule has 4 aromatic rings. The SMILES string of the molecule is CC(NC(=O)C(C#N)=c1sc(=Cc2cnn(C)c2)c(=O)n1-c1ccccc1)c1ccccc1. The van der Waals surface area contributed by atoms with E-state index in [1.54, 1.807) is 54.5 Å². The van der Waals surface area contributed by atoms with E-state index in [0.29, 0.717) is 10.2 Å². The fourth-order valence-corrected chi connectivity index (χ4v) is 4.52. The van der Waals surface area contributed by atoms with Crippen LogP contribution in [-0.2, 0) is 11.8 Å². The van der Waals surface area contributed by atoms with E-state index in [0.717, 1.165) is 22.5 Å². The number of hydrogen-bond acceptors (Lipinski definition) is 5. The highest BCUT2D eigenvalue weighted by Gasteiger charge is 2.19. The van der Waals surface area contributed by atoms with E-state index in [1.165, 1.54) is 4.57 Å². The van der Waals surface area contributed by atoms with Crippen LogP contribution in [0.4, 0.5) is 0 Å². The molecule has 0 spiro atoms. The van der Waals surface area contributed by atoms with E-state index in [1.807, 2.05) is 49.4 Å². The lowest BCUT2D eigenvalue weighted by atomic mass is 10.1. The Bertz CT molecular complexity index is 1510. The maximum Gasteiger partial charge on any atom is 0.273 e. The molecule has 2 aromatic carbocycles. The Morgan fingerprint density at radius 1 is 1.15 bits per heavy atom. The number of nitriles is 1. The number of para-hydroxylation sites is 1. The van der Waals surface area contributed by atoms with Crippen LogP contribution in [-0.4, -0.2) is 20.3 Å². The van der Waals surface area contributed by atoms with Crippen LogP contribution in [0.3, 0.4) is 0 Å². The first kappa shape index (κ1) is 22.0. The molecular weight excluding hydrogens is 434 g/mol. The third-order valence-corrected chi connectivity index (χ3v) is 6.15. The fourth-order valence-electron chi connectivity index (χ4n) is 3.42. The zero-order valence-corrected chi connectivity index (χ0v) is 18.9. The monoisotopic (exact) mass is 455 g/mol. The Hall–Kier alpha value is -4.22. The first-order chi connectivity index (χ1) is 16.0. The Labute approximate surface area is 194 Å². The number of aromatic nitrogens is 3. The van der Waals surface area contributed by atoms with Gasteiger partial charge in [-0.3, -0.25) is 18.8 Å². The molecule has 1 amide bonds. The molecule has 164 valence electrons. The average Bonchev–Trinajstić information content (AvgIpc) is 3.38. The summed E-state index contributed by atoms with van der Waals surface area (Å²) in [6.45, 7) is 1.85. The number of thiazole rings is 1. The zero-order valence-electron chi connectivity index (χ0n) is 18.1. The molecule has 0 aliphatic carbocycles. The summed E-state index contributed by atoms with van der Waals surface area (Å²) in [5.41, 5.74) is 1.83. The van der Waals surface area contributed by atoms with Gasteiger partial charge in [-0.15, -0.1) is 11.3 Å². The minimum atomic E-state index is -0.535. The minimum Gasteiger partial charge on any atom is -0.345 e. The topological polar surface area (TPSA) is 92.7 Å². The number of benzene rings is 2. The summed E-state index contributed by atoms with van der Waals surface area (Å²) in [4.78, 5) is 26.5. The average molecular weight is 456 g/mol. The number of hydrogen-bond donors (Lipinski definition) is 1. The number of carbonyl (C=O) groups excluding carboxylic acids is 1. The van der Waals surface area contributed by atoms with Crippen molar-refractivity contribution in [2.45, 2.75) is 13.0 Å². The smallest absolute Gasteiger partial charge is 0.273 e. The van der Waals surface area contributed by atoms with Crippen LogP contribution in [0.1, 0.15) is 24.1 Å². The van der Waals surface area contributed by atoms with Gasteiger partial charge in [0.1, 0.15) is 10.7 Å². The van der Waals surface area contributed by atoms with Crippen LogP contribution in [0.15, 0.2) is 77.9 Å². The van der Waals surface area contributed by atoms with Crippen molar-refractivity contribution < 1.29 is 4.79 Å². The van der Waals surface area contributed by atoms with E-state index in [2.05, 4.69) is 10.4 Å². The molecular formula is C25H21N5O2S. The van der Waals surface area contributed by atoms with E-state index in [-0.39, 0.29) is 21.8 Å². The summed E-state index contributed by atoms with van der Waals surface area (Å²) in [6.07, 6.45) is 5.14.